The molecule has 1 atom stereocenters. The maximum atomic E-state index is 11.5. The SMILES string of the molecule is NC(=O)c1ccc(N)cc1N1CCCCC1C(N)=O. The molecule has 0 aromatic heterocycles. The minimum Gasteiger partial charge on any atom is -0.399 e. The second kappa shape index (κ2) is 5.17. The number of hydrogen-bond acceptors (Lipinski definition) is 4. The van der Waals surface area contributed by atoms with E-state index in [9.17, 15) is 9.59 Å². The fraction of sp³-hybridized carbons (Fsp3) is 0.385. The Balaban J connectivity index is 2.46. The summed E-state index contributed by atoms with van der Waals surface area (Å²) in [4.78, 5) is 24.9. The Morgan fingerprint density at radius 2 is 1.95 bits per heavy atom. The smallest absolute Gasteiger partial charge is 0.250 e. The van der Waals surface area contributed by atoms with Crippen LogP contribution in [0.15, 0.2) is 18.2 Å². The molecule has 102 valence electrons. The number of benzene rings is 1. The number of amides is 2. The number of rotatable bonds is 3. The Bertz CT molecular complexity index is 515. The van der Waals surface area contributed by atoms with Crippen LogP contribution in [0.4, 0.5) is 11.4 Å². The normalized spacial score (nSPS) is 19.2. The first-order chi connectivity index (χ1) is 9.00. The van der Waals surface area contributed by atoms with Gasteiger partial charge in [0, 0.05) is 12.2 Å². The lowest BCUT2D eigenvalue weighted by Gasteiger charge is -2.36. The molecule has 6 N–H and O–H groups in total. The van der Waals surface area contributed by atoms with Crippen molar-refractivity contribution in [2.24, 2.45) is 11.5 Å². The molecular formula is C13H18N4O2. The average Bonchev–Trinajstić information content (AvgIpc) is 2.38. The van der Waals surface area contributed by atoms with E-state index in [1.165, 1.54) is 0 Å². The van der Waals surface area contributed by atoms with Gasteiger partial charge >= 0.3 is 0 Å². The average molecular weight is 262 g/mol. The molecule has 1 aliphatic rings. The van der Waals surface area contributed by atoms with E-state index in [2.05, 4.69) is 0 Å². The Hall–Kier alpha value is -2.24. The third kappa shape index (κ3) is 2.62. The second-order valence-electron chi connectivity index (χ2n) is 4.75. The maximum absolute atomic E-state index is 11.5. The van der Waals surface area contributed by atoms with Gasteiger partial charge in [-0.05, 0) is 37.5 Å². The number of hydrogen-bond donors (Lipinski definition) is 3. The first kappa shape index (κ1) is 13.2. The summed E-state index contributed by atoms with van der Waals surface area (Å²) < 4.78 is 0. The Labute approximate surface area is 111 Å². The van der Waals surface area contributed by atoms with E-state index in [1.807, 2.05) is 4.90 Å². The van der Waals surface area contributed by atoms with Crippen LogP contribution in [0.3, 0.4) is 0 Å². The van der Waals surface area contributed by atoms with Crippen LogP contribution in [-0.4, -0.2) is 24.4 Å². The van der Waals surface area contributed by atoms with Gasteiger partial charge in [-0.3, -0.25) is 9.59 Å². The van der Waals surface area contributed by atoms with Gasteiger partial charge in [-0.15, -0.1) is 0 Å². The van der Waals surface area contributed by atoms with E-state index in [-0.39, 0.29) is 0 Å². The number of nitrogens with zero attached hydrogens (tertiary/aromatic N) is 1. The summed E-state index contributed by atoms with van der Waals surface area (Å²) in [7, 11) is 0. The molecule has 1 saturated heterocycles. The fourth-order valence-corrected chi connectivity index (χ4v) is 2.51. The highest BCUT2D eigenvalue weighted by Crippen LogP contribution is 2.29. The Morgan fingerprint density at radius 3 is 2.58 bits per heavy atom. The van der Waals surface area contributed by atoms with Gasteiger partial charge in [0.1, 0.15) is 6.04 Å². The molecule has 0 aliphatic carbocycles. The minimum atomic E-state index is -0.538. The zero-order chi connectivity index (χ0) is 14.0. The van der Waals surface area contributed by atoms with Crippen LogP contribution in [0, 0.1) is 0 Å². The largest absolute Gasteiger partial charge is 0.399 e. The predicted molar refractivity (Wildman–Crippen MR) is 73.6 cm³/mol. The summed E-state index contributed by atoms with van der Waals surface area (Å²) in [6.45, 7) is 0.664. The topological polar surface area (TPSA) is 115 Å². The number of carbonyl (C=O) groups is 2. The van der Waals surface area contributed by atoms with Gasteiger partial charge < -0.3 is 22.1 Å². The molecule has 2 rings (SSSR count). The first-order valence-corrected chi connectivity index (χ1v) is 6.26. The molecule has 1 fully saturated rings. The number of carbonyl (C=O) groups excluding carboxylic acids is 2. The molecule has 0 spiro atoms. The summed E-state index contributed by atoms with van der Waals surface area (Å²) in [6, 6.07) is 4.46. The summed E-state index contributed by atoms with van der Waals surface area (Å²) in [5.41, 5.74) is 18.0. The number of piperidine rings is 1. The summed E-state index contributed by atoms with van der Waals surface area (Å²) in [5, 5.41) is 0. The molecule has 19 heavy (non-hydrogen) atoms. The van der Waals surface area contributed by atoms with E-state index in [4.69, 9.17) is 17.2 Å². The van der Waals surface area contributed by atoms with Crippen LogP contribution >= 0.6 is 0 Å². The van der Waals surface area contributed by atoms with Crippen molar-refractivity contribution in [3.63, 3.8) is 0 Å². The zero-order valence-electron chi connectivity index (χ0n) is 10.6. The number of nitrogens with two attached hydrogens (primary N) is 3. The molecule has 0 saturated carbocycles. The van der Waals surface area contributed by atoms with E-state index in [0.717, 1.165) is 12.8 Å². The summed E-state index contributed by atoms with van der Waals surface area (Å²) in [6.07, 6.45) is 2.57. The molecule has 2 amide bonds. The maximum Gasteiger partial charge on any atom is 0.250 e. The zero-order valence-corrected chi connectivity index (χ0v) is 10.6. The molecule has 6 nitrogen and oxygen atoms in total. The van der Waals surface area contributed by atoms with E-state index < -0.39 is 17.9 Å². The van der Waals surface area contributed by atoms with Crippen molar-refractivity contribution in [1.29, 1.82) is 0 Å². The van der Waals surface area contributed by atoms with Crippen molar-refractivity contribution in [3.8, 4) is 0 Å². The van der Waals surface area contributed by atoms with Crippen LogP contribution in [0.5, 0.6) is 0 Å². The van der Waals surface area contributed by atoms with Gasteiger partial charge in [0.2, 0.25) is 5.91 Å². The van der Waals surface area contributed by atoms with Crippen molar-refractivity contribution in [2.75, 3.05) is 17.2 Å². The van der Waals surface area contributed by atoms with Crippen LogP contribution in [0.2, 0.25) is 0 Å². The van der Waals surface area contributed by atoms with Crippen molar-refractivity contribution in [3.05, 3.63) is 23.8 Å². The molecular weight excluding hydrogens is 244 g/mol. The Morgan fingerprint density at radius 1 is 1.21 bits per heavy atom. The molecule has 1 aromatic rings. The van der Waals surface area contributed by atoms with Gasteiger partial charge in [-0.1, -0.05) is 0 Å². The Kier molecular flexibility index (Phi) is 3.59. The van der Waals surface area contributed by atoms with Gasteiger partial charge in [0.15, 0.2) is 0 Å². The summed E-state index contributed by atoms with van der Waals surface area (Å²) >= 11 is 0. The van der Waals surface area contributed by atoms with Gasteiger partial charge in [0.05, 0.1) is 11.3 Å². The molecule has 1 aromatic carbocycles. The standard InChI is InChI=1S/C13H18N4O2/c14-8-4-5-9(12(15)18)11(7-8)17-6-2-1-3-10(17)13(16)19/h4-5,7,10H,1-3,6,14H2,(H2,15,18)(H2,16,19). The fourth-order valence-electron chi connectivity index (χ4n) is 2.51. The molecule has 0 bridgehead atoms. The molecule has 1 unspecified atom stereocenters. The van der Waals surface area contributed by atoms with E-state index >= 15 is 0 Å². The van der Waals surface area contributed by atoms with Gasteiger partial charge in [0.25, 0.3) is 5.91 Å². The summed E-state index contributed by atoms with van der Waals surface area (Å²) in [5.74, 6) is -0.929. The highest BCUT2D eigenvalue weighted by molar-refractivity contribution is 6.00. The number of nitrogen functional groups attached to an aromatic ring is 1. The third-order valence-electron chi connectivity index (χ3n) is 3.43. The lowest BCUT2D eigenvalue weighted by atomic mass is 9.99. The predicted octanol–water partition coefficient (Wildman–Crippen LogP) is 0.212. The molecule has 1 aliphatic heterocycles. The molecule has 1 heterocycles. The highest BCUT2D eigenvalue weighted by atomic mass is 16.1. The monoisotopic (exact) mass is 262 g/mol. The van der Waals surface area contributed by atoms with Crippen molar-refractivity contribution in [1.82, 2.24) is 0 Å². The number of primary amides is 2. The van der Waals surface area contributed by atoms with Crippen LogP contribution < -0.4 is 22.1 Å². The third-order valence-corrected chi connectivity index (χ3v) is 3.43. The van der Waals surface area contributed by atoms with Crippen molar-refractivity contribution >= 4 is 23.2 Å². The van der Waals surface area contributed by atoms with Crippen LogP contribution in [0.1, 0.15) is 29.6 Å². The minimum absolute atomic E-state index is 0.363. The molecule has 6 heteroatoms. The lowest BCUT2D eigenvalue weighted by Crippen LogP contribution is -2.48. The van der Waals surface area contributed by atoms with E-state index in [0.29, 0.717) is 29.9 Å². The van der Waals surface area contributed by atoms with Gasteiger partial charge in [-0.25, -0.2) is 0 Å². The van der Waals surface area contributed by atoms with Crippen molar-refractivity contribution < 1.29 is 9.59 Å². The highest BCUT2D eigenvalue weighted by Gasteiger charge is 2.29. The van der Waals surface area contributed by atoms with Crippen molar-refractivity contribution in [2.45, 2.75) is 25.3 Å². The van der Waals surface area contributed by atoms with Crippen LogP contribution in [0.25, 0.3) is 0 Å². The quantitative estimate of drug-likeness (QED) is 0.675. The first-order valence-electron chi connectivity index (χ1n) is 6.26. The van der Waals surface area contributed by atoms with E-state index in [1.54, 1.807) is 18.2 Å². The lowest BCUT2D eigenvalue weighted by molar-refractivity contribution is -0.119. The second-order valence-corrected chi connectivity index (χ2v) is 4.75. The molecule has 0 radical (unpaired) electrons. The van der Waals surface area contributed by atoms with Gasteiger partial charge in [-0.2, -0.15) is 0 Å². The number of anilines is 2. The van der Waals surface area contributed by atoms with Crippen LogP contribution in [-0.2, 0) is 4.79 Å².